The summed E-state index contributed by atoms with van der Waals surface area (Å²) in [6.07, 6.45) is 3.62. The number of carbonyl (C=O) groups excluding carboxylic acids is 1. The first-order valence-corrected chi connectivity index (χ1v) is 10.6. The highest BCUT2D eigenvalue weighted by Gasteiger charge is 2.23. The average Bonchev–Trinajstić information content (AvgIpc) is 3.16. The molecule has 2 heterocycles. The molecule has 0 bridgehead atoms. The maximum Gasteiger partial charge on any atom is 0.435 e. The lowest BCUT2D eigenvalue weighted by Crippen LogP contribution is -2.45. The zero-order valence-corrected chi connectivity index (χ0v) is 18.0. The molecular weight excluding hydrogens is 376 g/mol. The van der Waals surface area contributed by atoms with Gasteiger partial charge >= 0.3 is 6.09 Å². The Kier molecular flexibility index (Phi) is 5.77. The summed E-state index contributed by atoms with van der Waals surface area (Å²) in [5.41, 5.74) is 2.63. The van der Waals surface area contributed by atoms with E-state index in [0.29, 0.717) is 6.04 Å². The molecule has 2 aromatic carbocycles. The van der Waals surface area contributed by atoms with Crippen LogP contribution in [0, 0.1) is 0 Å². The number of anilines is 1. The zero-order chi connectivity index (χ0) is 21.1. The van der Waals surface area contributed by atoms with E-state index in [2.05, 4.69) is 51.7 Å². The third-order valence-corrected chi connectivity index (χ3v) is 5.36. The molecule has 0 saturated carbocycles. The Morgan fingerprint density at radius 2 is 2.03 bits per heavy atom. The molecule has 6 heteroatoms. The van der Waals surface area contributed by atoms with Crippen LogP contribution >= 0.6 is 0 Å². The Bertz CT molecular complexity index is 1000. The third-order valence-electron chi connectivity index (χ3n) is 5.36. The molecular formula is C24H30N4O2. The molecule has 0 aliphatic carbocycles. The lowest BCUT2D eigenvalue weighted by Gasteiger charge is -2.36. The van der Waals surface area contributed by atoms with Crippen molar-refractivity contribution in [2.75, 3.05) is 18.0 Å². The summed E-state index contributed by atoms with van der Waals surface area (Å²) in [6, 6.07) is 17.2. The first-order valence-electron chi connectivity index (χ1n) is 10.6. The molecule has 6 nitrogen and oxygen atoms in total. The monoisotopic (exact) mass is 406 g/mol. The van der Waals surface area contributed by atoms with E-state index in [0.717, 1.165) is 42.6 Å². The van der Waals surface area contributed by atoms with Crippen molar-refractivity contribution < 1.29 is 9.53 Å². The van der Waals surface area contributed by atoms with Gasteiger partial charge in [-0.3, -0.25) is 0 Å². The van der Waals surface area contributed by atoms with Gasteiger partial charge in [0.25, 0.3) is 0 Å². The molecule has 1 fully saturated rings. The van der Waals surface area contributed by atoms with Crippen LogP contribution in [0.4, 0.5) is 10.5 Å². The van der Waals surface area contributed by atoms with Gasteiger partial charge in [0.1, 0.15) is 5.60 Å². The summed E-state index contributed by atoms with van der Waals surface area (Å²) in [6.45, 7) is 8.47. The Morgan fingerprint density at radius 3 is 2.73 bits per heavy atom. The van der Waals surface area contributed by atoms with E-state index in [9.17, 15) is 4.79 Å². The molecule has 1 aliphatic heterocycles. The Morgan fingerprint density at radius 1 is 1.23 bits per heavy atom. The first kappa shape index (κ1) is 20.4. The van der Waals surface area contributed by atoms with Crippen molar-refractivity contribution in [2.45, 2.75) is 51.8 Å². The fourth-order valence-electron chi connectivity index (χ4n) is 3.96. The van der Waals surface area contributed by atoms with E-state index in [1.807, 2.05) is 32.9 Å². The zero-order valence-electron chi connectivity index (χ0n) is 18.0. The molecule has 1 aromatic heterocycles. The van der Waals surface area contributed by atoms with Crippen molar-refractivity contribution >= 4 is 22.7 Å². The quantitative estimate of drug-likeness (QED) is 0.687. The number of piperidine rings is 1. The highest BCUT2D eigenvalue weighted by molar-refractivity contribution is 5.89. The van der Waals surface area contributed by atoms with Gasteiger partial charge in [0, 0.05) is 30.2 Å². The molecule has 1 atom stereocenters. The van der Waals surface area contributed by atoms with Crippen LogP contribution in [0.5, 0.6) is 0 Å². The number of hydrogen-bond donors (Lipinski definition) is 1. The second kappa shape index (κ2) is 8.48. The molecule has 158 valence electrons. The van der Waals surface area contributed by atoms with E-state index >= 15 is 0 Å². The highest BCUT2D eigenvalue weighted by Crippen LogP contribution is 2.27. The normalized spacial score (nSPS) is 17.1. The first-order chi connectivity index (χ1) is 14.4. The smallest absolute Gasteiger partial charge is 0.435 e. The number of aromatic nitrogens is 2. The minimum absolute atomic E-state index is 0.428. The molecule has 1 saturated heterocycles. The average molecular weight is 407 g/mol. The molecule has 0 radical (unpaired) electrons. The van der Waals surface area contributed by atoms with Gasteiger partial charge in [-0.15, -0.1) is 0 Å². The largest absolute Gasteiger partial charge is 0.442 e. The number of benzene rings is 2. The minimum atomic E-state index is -0.560. The van der Waals surface area contributed by atoms with Crippen LogP contribution in [0.2, 0.25) is 0 Å². The summed E-state index contributed by atoms with van der Waals surface area (Å²) < 4.78 is 6.83. The number of nitrogens with one attached hydrogen (secondary N) is 1. The summed E-state index contributed by atoms with van der Waals surface area (Å²) in [5.74, 6) is 0. The number of rotatable bonds is 4. The van der Waals surface area contributed by atoms with Gasteiger partial charge in [-0.05, 0) is 63.9 Å². The number of nitrogens with zero attached hydrogens (tertiary/aromatic N) is 3. The van der Waals surface area contributed by atoms with Gasteiger partial charge in [-0.1, -0.05) is 30.3 Å². The minimum Gasteiger partial charge on any atom is -0.442 e. The molecule has 0 amide bonds. The van der Waals surface area contributed by atoms with E-state index < -0.39 is 11.7 Å². The van der Waals surface area contributed by atoms with Crippen LogP contribution in [0.3, 0.4) is 0 Å². The third kappa shape index (κ3) is 4.65. The SMILES string of the molecule is CC(C)(C)OC(=O)n1ncc2cc(N(Cc3ccccc3)C3CCCNC3)ccc21. The van der Waals surface area contributed by atoms with Crippen molar-refractivity contribution in [1.82, 2.24) is 15.1 Å². The summed E-state index contributed by atoms with van der Waals surface area (Å²) in [5, 5.41) is 8.75. The number of carbonyl (C=O) groups is 1. The Balaban J connectivity index is 1.65. The maximum atomic E-state index is 12.5. The van der Waals surface area contributed by atoms with Crippen molar-refractivity contribution in [3.05, 3.63) is 60.3 Å². The van der Waals surface area contributed by atoms with Gasteiger partial charge < -0.3 is 15.0 Å². The highest BCUT2D eigenvalue weighted by atomic mass is 16.6. The van der Waals surface area contributed by atoms with Crippen LogP contribution in [-0.2, 0) is 11.3 Å². The fourth-order valence-corrected chi connectivity index (χ4v) is 3.96. The summed E-state index contributed by atoms with van der Waals surface area (Å²) >= 11 is 0. The van der Waals surface area contributed by atoms with Gasteiger partial charge in [0.15, 0.2) is 0 Å². The lowest BCUT2D eigenvalue weighted by atomic mass is 10.0. The van der Waals surface area contributed by atoms with Gasteiger partial charge in [-0.25, -0.2) is 4.79 Å². The molecule has 30 heavy (non-hydrogen) atoms. The van der Waals surface area contributed by atoms with E-state index in [1.165, 1.54) is 16.7 Å². The van der Waals surface area contributed by atoms with Crippen molar-refractivity contribution in [3.63, 3.8) is 0 Å². The van der Waals surface area contributed by atoms with Crippen LogP contribution in [0.1, 0.15) is 39.2 Å². The van der Waals surface area contributed by atoms with Crippen LogP contribution in [0.15, 0.2) is 54.7 Å². The van der Waals surface area contributed by atoms with Crippen molar-refractivity contribution in [3.8, 4) is 0 Å². The second-order valence-electron chi connectivity index (χ2n) is 8.89. The topological polar surface area (TPSA) is 59.4 Å². The second-order valence-corrected chi connectivity index (χ2v) is 8.89. The molecule has 0 spiro atoms. The van der Waals surface area contributed by atoms with Crippen molar-refractivity contribution in [2.24, 2.45) is 0 Å². The predicted molar refractivity (Wildman–Crippen MR) is 120 cm³/mol. The number of hydrogen-bond acceptors (Lipinski definition) is 5. The van der Waals surface area contributed by atoms with Gasteiger partial charge in [-0.2, -0.15) is 9.78 Å². The summed E-state index contributed by atoms with van der Waals surface area (Å²) in [4.78, 5) is 15.0. The lowest BCUT2D eigenvalue weighted by molar-refractivity contribution is 0.0522. The molecule has 1 N–H and O–H groups in total. The van der Waals surface area contributed by atoms with Crippen LogP contribution in [0.25, 0.3) is 10.9 Å². The standard InChI is InChI=1S/C24H30N4O2/c1-24(2,3)30-23(29)28-22-12-11-20(14-19(22)15-26-28)27(21-10-7-13-25-16-21)17-18-8-5-4-6-9-18/h4-6,8-9,11-12,14-15,21,25H,7,10,13,16-17H2,1-3H3. The maximum absolute atomic E-state index is 12.5. The molecule has 3 aromatic rings. The van der Waals surface area contributed by atoms with Crippen molar-refractivity contribution in [1.29, 1.82) is 0 Å². The number of ether oxygens (including phenoxy) is 1. The fraction of sp³-hybridized carbons (Fsp3) is 0.417. The molecule has 4 rings (SSSR count). The molecule has 1 unspecified atom stereocenters. The van der Waals surface area contributed by atoms with E-state index in [1.54, 1.807) is 6.20 Å². The van der Waals surface area contributed by atoms with E-state index in [-0.39, 0.29) is 0 Å². The van der Waals surface area contributed by atoms with Gasteiger partial charge in [0.05, 0.1) is 11.7 Å². The Hall–Kier alpha value is -2.86. The van der Waals surface area contributed by atoms with Crippen LogP contribution in [-0.4, -0.2) is 40.6 Å². The predicted octanol–water partition coefficient (Wildman–Crippen LogP) is 4.58. The Labute approximate surface area is 177 Å². The van der Waals surface area contributed by atoms with Crippen LogP contribution < -0.4 is 10.2 Å². The molecule has 1 aliphatic rings. The number of fused-ring (bicyclic) bond motifs is 1. The summed E-state index contributed by atoms with van der Waals surface area (Å²) in [7, 11) is 0. The van der Waals surface area contributed by atoms with Gasteiger partial charge in [0.2, 0.25) is 0 Å². The van der Waals surface area contributed by atoms with E-state index in [4.69, 9.17) is 4.74 Å².